The van der Waals surface area contributed by atoms with E-state index in [2.05, 4.69) is 9.88 Å². The van der Waals surface area contributed by atoms with Crippen molar-refractivity contribution in [2.24, 2.45) is 0 Å². The van der Waals surface area contributed by atoms with E-state index in [1.54, 1.807) is 43.8 Å². The summed E-state index contributed by atoms with van der Waals surface area (Å²) in [7, 11) is -1.63. The van der Waals surface area contributed by atoms with Gasteiger partial charge in [-0.3, -0.25) is 14.7 Å². The maximum Gasteiger partial charge on any atom is 0.255 e. The van der Waals surface area contributed by atoms with Crippen molar-refractivity contribution in [1.82, 2.24) is 14.8 Å². The fourth-order valence-corrected chi connectivity index (χ4v) is 4.86. The van der Waals surface area contributed by atoms with Crippen LogP contribution in [0.1, 0.15) is 28.8 Å². The van der Waals surface area contributed by atoms with Crippen LogP contribution >= 0.6 is 0 Å². The van der Waals surface area contributed by atoms with E-state index in [1.807, 2.05) is 17.0 Å². The largest absolute Gasteiger partial charge is 0.383 e. The van der Waals surface area contributed by atoms with Gasteiger partial charge in [0.25, 0.3) is 5.91 Å². The lowest BCUT2D eigenvalue weighted by atomic mass is 10.0. The number of methoxy groups -OCH3 is 1. The van der Waals surface area contributed by atoms with Crippen molar-refractivity contribution in [2.45, 2.75) is 30.3 Å². The van der Waals surface area contributed by atoms with Crippen LogP contribution in [0.4, 0.5) is 0 Å². The summed E-state index contributed by atoms with van der Waals surface area (Å²) in [6.45, 7) is 3.20. The number of amides is 1. The van der Waals surface area contributed by atoms with E-state index in [4.69, 9.17) is 4.74 Å². The van der Waals surface area contributed by atoms with Gasteiger partial charge in [0.1, 0.15) is 0 Å². The fraction of sp³-hybridized carbons (Fsp3) is 0.455. The van der Waals surface area contributed by atoms with E-state index >= 15 is 0 Å². The molecule has 7 nitrogen and oxygen atoms in total. The molecule has 1 amide bonds. The van der Waals surface area contributed by atoms with Crippen molar-refractivity contribution in [3.8, 4) is 0 Å². The summed E-state index contributed by atoms with van der Waals surface area (Å²) in [5.41, 5.74) is 1.40. The number of carbonyl (C=O) groups is 1. The van der Waals surface area contributed by atoms with Crippen molar-refractivity contribution in [3.63, 3.8) is 0 Å². The van der Waals surface area contributed by atoms with Gasteiger partial charge in [-0.15, -0.1) is 0 Å². The highest BCUT2D eigenvalue weighted by Crippen LogP contribution is 2.23. The molecule has 8 heteroatoms. The Morgan fingerprint density at radius 3 is 2.57 bits per heavy atom. The van der Waals surface area contributed by atoms with Crippen LogP contribution in [0.3, 0.4) is 0 Å². The highest BCUT2D eigenvalue weighted by Gasteiger charge is 2.29. The number of hydrogen-bond donors (Lipinski definition) is 0. The van der Waals surface area contributed by atoms with E-state index < -0.39 is 9.84 Å². The molecule has 0 atom stereocenters. The number of sulfone groups is 1. The SMILES string of the molecule is COCCN(C(=O)c1cccnc1)C1CCN(Cc2ccccc2S(C)(=O)=O)CC1. The zero-order chi connectivity index (χ0) is 21.6. The van der Waals surface area contributed by atoms with Gasteiger partial charge < -0.3 is 9.64 Å². The maximum atomic E-state index is 13.0. The van der Waals surface area contributed by atoms with Crippen LogP contribution < -0.4 is 0 Å². The fourth-order valence-electron chi connectivity index (χ4n) is 3.92. The third-order valence-corrected chi connectivity index (χ3v) is 6.67. The molecule has 0 radical (unpaired) electrons. The van der Waals surface area contributed by atoms with Gasteiger partial charge in [0.05, 0.1) is 17.1 Å². The van der Waals surface area contributed by atoms with E-state index in [0.717, 1.165) is 31.5 Å². The second-order valence-corrected chi connectivity index (χ2v) is 9.60. The van der Waals surface area contributed by atoms with Gasteiger partial charge in [0.15, 0.2) is 9.84 Å². The zero-order valence-electron chi connectivity index (χ0n) is 17.5. The van der Waals surface area contributed by atoms with Gasteiger partial charge >= 0.3 is 0 Å². The Morgan fingerprint density at radius 2 is 1.93 bits per heavy atom. The molecule has 1 aliphatic heterocycles. The highest BCUT2D eigenvalue weighted by atomic mass is 32.2. The van der Waals surface area contributed by atoms with Crippen LogP contribution in [-0.4, -0.2) is 74.8 Å². The van der Waals surface area contributed by atoms with Gasteiger partial charge in [-0.25, -0.2) is 8.42 Å². The van der Waals surface area contributed by atoms with Crippen molar-refractivity contribution in [3.05, 3.63) is 59.9 Å². The first-order valence-electron chi connectivity index (χ1n) is 10.1. The van der Waals surface area contributed by atoms with E-state index in [1.165, 1.54) is 6.26 Å². The van der Waals surface area contributed by atoms with Crippen LogP contribution in [0.2, 0.25) is 0 Å². The number of nitrogens with zero attached hydrogens (tertiary/aromatic N) is 3. The third kappa shape index (κ3) is 5.65. The molecule has 0 N–H and O–H groups in total. The Labute approximate surface area is 178 Å². The van der Waals surface area contributed by atoms with Crippen LogP contribution in [0.25, 0.3) is 0 Å². The number of likely N-dealkylation sites (tertiary alicyclic amines) is 1. The normalized spacial score (nSPS) is 15.8. The molecule has 1 fully saturated rings. The summed E-state index contributed by atoms with van der Waals surface area (Å²) in [4.78, 5) is 21.6. The molecule has 1 aromatic carbocycles. The predicted octanol–water partition coefficient (Wildman–Crippen LogP) is 2.24. The number of rotatable bonds is 8. The molecule has 2 aromatic rings. The molecule has 0 aliphatic carbocycles. The van der Waals surface area contributed by atoms with Gasteiger partial charge in [-0.2, -0.15) is 0 Å². The molecule has 0 saturated carbocycles. The summed E-state index contributed by atoms with van der Waals surface area (Å²) >= 11 is 0. The summed E-state index contributed by atoms with van der Waals surface area (Å²) in [5.74, 6) is -0.0268. The van der Waals surface area contributed by atoms with Gasteiger partial charge in [0.2, 0.25) is 0 Å². The predicted molar refractivity (Wildman–Crippen MR) is 115 cm³/mol. The Morgan fingerprint density at radius 1 is 1.20 bits per heavy atom. The van der Waals surface area contributed by atoms with Crippen molar-refractivity contribution in [2.75, 3.05) is 39.6 Å². The minimum atomic E-state index is -3.26. The molecule has 0 spiro atoms. The molecule has 0 unspecified atom stereocenters. The summed E-state index contributed by atoms with van der Waals surface area (Å²) in [6.07, 6.45) is 6.16. The zero-order valence-corrected chi connectivity index (χ0v) is 18.3. The number of hydrogen-bond acceptors (Lipinski definition) is 6. The standard InChI is InChI=1S/C22H29N3O4S/c1-29-15-14-25(22(26)18-7-5-11-23-16-18)20-9-12-24(13-10-20)17-19-6-3-4-8-21(19)30(2,27)28/h3-8,11,16,20H,9-10,12-15,17H2,1-2H3. The average Bonchev–Trinajstić information content (AvgIpc) is 2.75. The Kier molecular flexibility index (Phi) is 7.58. The molecule has 1 saturated heterocycles. The lowest BCUT2D eigenvalue weighted by Gasteiger charge is -2.38. The smallest absolute Gasteiger partial charge is 0.255 e. The molecule has 0 bridgehead atoms. The number of ether oxygens (including phenoxy) is 1. The first-order chi connectivity index (χ1) is 14.4. The number of benzene rings is 1. The first kappa shape index (κ1) is 22.4. The Bertz CT molecular complexity index is 942. The van der Waals surface area contributed by atoms with Crippen molar-refractivity contribution in [1.29, 1.82) is 0 Å². The monoisotopic (exact) mass is 431 g/mol. The van der Waals surface area contributed by atoms with E-state index in [9.17, 15) is 13.2 Å². The number of pyridine rings is 1. The number of piperidine rings is 1. The quantitative estimate of drug-likeness (QED) is 0.638. The topological polar surface area (TPSA) is 79.8 Å². The third-order valence-electron chi connectivity index (χ3n) is 5.47. The lowest BCUT2D eigenvalue weighted by molar-refractivity contribution is 0.0477. The molecule has 30 heavy (non-hydrogen) atoms. The van der Waals surface area contributed by atoms with E-state index in [-0.39, 0.29) is 11.9 Å². The van der Waals surface area contributed by atoms with Crippen LogP contribution in [0.5, 0.6) is 0 Å². The highest BCUT2D eigenvalue weighted by molar-refractivity contribution is 7.90. The van der Waals surface area contributed by atoms with Crippen molar-refractivity contribution >= 4 is 15.7 Å². The van der Waals surface area contributed by atoms with Gasteiger partial charge in [0, 0.05) is 58.0 Å². The van der Waals surface area contributed by atoms with Crippen LogP contribution in [0, 0.1) is 0 Å². The van der Waals surface area contributed by atoms with E-state index in [0.29, 0.717) is 30.2 Å². The minimum Gasteiger partial charge on any atom is -0.383 e. The Hall–Kier alpha value is -2.29. The second-order valence-electron chi connectivity index (χ2n) is 7.62. The minimum absolute atomic E-state index is 0.0268. The first-order valence-corrected chi connectivity index (χ1v) is 12.0. The number of aromatic nitrogens is 1. The van der Waals surface area contributed by atoms with Crippen LogP contribution in [-0.2, 0) is 21.1 Å². The van der Waals surface area contributed by atoms with Crippen LogP contribution in [0.15, 0.2) is 53.7 Å². The maximum absolute atomic E-state index is 13.0. The summed E-state index contributed by atoms with van der Waals surface area (Å²) in [6, 6.07) is 10.8. The van der Waals surface area contributed by atoms with Crippen molar-refractivity contribution < 1.29 is 17.9 Å². The molecule has 2 heterocycles. The average molecular weight is 432 g/mol. The molecule has 162 valence electrons. The lowest BCUT2D eigenvalue weighted by Crippen LogP contribution is -2.48. The molecule has 1 aliphatic rings. The molecular formula is C22H29N3O4S. The summed E-state index contributed by atoms with van der Waals surface area (Å²) < 4.78 is 29.4. The van der Waals surface area contributed by atoms with Gasteiger partial charge in [-0.05, 0) is 36.6 Å². The summed E-state index contributed by atoms with van der Waals surface area (Å²) in [5, 5.41) is 0. The molecular weight excluding hydrogens is 402 g/mol. The molecule has 3 rings (SSSR count). The number of carbonyl (C=O) groups excluding carboxylic acids is 1. The second kappa shape index (κ2) is 10.1. The molecule has 1 aromatic heterocycles. The van der Waals surface area contributed by atoms with Gasteiger partial charge in [-0.1, -0.05) is 18.2 Å². The Balaban J connectivity index is 1.66.